The predicted molar refractivity (Wildman–Crippen MR) is 106 cm³/mol. The van der Waals surface area contributed by atoms with Gasteiger partial charge in [0, 0.05) is 24.8 Å². The van der Waals surface area contributed by atoms with Crippen LogP contribution in [0.25, 0.3) is 0 Å². The lowest BCUT2D eigenvalue weighted by Crippen LogP contribution is -2.50. The van der Waals surface area contributed by atoms with Gasteiger partial charge in [-0.15, -0.1) is 0 Å². The minimum atomic E-state index is -0.630. The summed E-state index contributed by atoms with van der Waals surface area (Å²) in [6.45, 7) is 4.87. The minimum absolute atomic E-state index is 0.0205. The van der Waals surface area contributed by atoms with Crippen molar-refractivity contribution in [1.82, 2.24) is 20.0 Å². The molecule has 0 unspecified atom stereocenters. The lowest BCUT2D eigenvalue weighted by atomic mass is 10.0. The molecule has 0 radical (unpaired) electrons. The minimum Gasteiger partial charge on any atom is -0.462 e. The van der Waals surface area contributed by atoms with E-state index in [0.29, 0.717) is 30.8 Å². The van der Waals surface area contributed by atoms with Gasteiger partial charge in [-0.3, -0.25) is 14.3 Å². The van der Waals surface area contributed by atoms with E-state index in [-0.39, 0.29) is 17.9 Å². The molecule has 0 bridgehead atoms. The molecule has 1 saturated heterocycles. The number of piperidine rings is 1. The van der Waals surface area contributed by atoms with E-state index in [9.17, 15) is 14.4 Å². The number of ether oxygens (including phenoxy) is 1. The van der Waals surface area contributed by atoms with Gasteiger partial charge in [0.05, 0.1) is 24.4 Å². The molecule has 1 fully saturated rings. The molecule has 1 aliphatic rings. The number of aromatic nitrogens is 2. The Morgan fingerprint density at radius 3 is 2.72 bits per heavy atom. The van der Waals surface area contributed by atoms with Crippen LogP contribution in [0.5, 0.6) is 0 Å². The molecular formula is C21H26N4O4. The third kappa shape index (κ3) is 5.01. The molecule has 2 heterocycles. The average molecular weight is 398 g/mol. The van der Waals surface area contributed by atoms with Gasteiger partial charge < -0.3 is 15.0 Å². The van der Waals surface area contributed by atoms with Gasteiger partial charge in [-0.2, -0.15) is 5.10 Å². The van der Waals surface area contributed by atoms with Crippen molar-refractivity contribution in [2.24, 2.45) is 0 Å². The van der Waals surface area contributed by atoms with Crippen LogP contribution in [0, 0.1) is 0 Å². The Balaban J connectivity index is 1.60. The fourth-order valence-corrected chi connectivity index (χ4v) is 3.43. The summed E-state index contributed by atoms with van der Waals surface area (Å²) in [6.07, 6.45) is 4.83. The third-order valence-electron chi connectivity index (χ3n) is 4.95. The van der Waals surface area contributed by atoms with E-state index in [1.807, 2.05) is 6.07 Å². The number of carbonyl (C=O) groups is 3. The van der Waals surface area contributed by atoms with Crippen molar-refractivity contribution >= 4 is 17.8 Å². The second kappa shape index (κ2) is 9.36. The first-order chi connectivity index (χ1) is 14.0. The van der Waals surface area contributed by atoms with E-state index < -0.39 is 12.0 Å². The lowest BCUT2D eigenvalue weighted by Gasteiger charge is -2.34. The summed E-state index contributed by atoms with van der Waals surface area (Å²) >= 11 is 0. The molecule has 29 heavy (non-hydrogen) atoms. The van der Waals surface area contributed by atoms with Gasteiger partial charge in [0.25, 0.3) is 5.91 Å². The molecule has 2 amide bonds. The van der Waals surface area contributed by atoms with Crippen molar-refractivity contribution in [3.8, 4) is 0 Å². The second-order valence-corrected chi connectivity index (χ2v) is 7.07. The molecule has 3 rings (SSSR count). The fourth-order valence-electron chi connectivity index (χ4n) is 3.43. The third-order valence-corrected chi connectivity index (χ3v) is 4.95. The van der Waals surface area contributed by atoms with E-state index in [0.717, 1.165) is 12.8 Å². The van der Waals surface area contributed by atoms with E-state index in [4.69, 9.17) is 4.74 Å². The Morgan fingerprint density at radius 2 is 2.00 bits per heavy atom. The topological polar surface area (TPSA) is 93.5 Å². The maximum Gasteiger partial charge on any atom is 0.341 e. The predicted octanol–water partition coefficient (Wildman–Crippen LogP) is 2.04. The summed E-state index contributed by atoms with van der Waals surface area (Å²) in [5, 5.41) is 7.05. The van der Waals surface area contributed by atoms with E-state index >= 15 is 0 Å². The molecule has 8 nitrogen and oxygen atoms in total. The Kier molecular flexibility index (Phi) is 6.64. The van der Waals surface area contributed by atoms with E-state index in [1.165, 1.54) is 6.20 Å². The van der Waals surface area contributed by atoms with Crippen LogP contribution in [-0.4, -0.2) is 58.2 Å². The summed E-state index contributed by atoms with van der Waals surface area (Å²) in [6, 6.07) is 8.17. The summed E-state index contributed by atoms with van der Waals surface area (Å²) in [4.78, 5) is 38.7. The second-order valence-electron chi connectivity index (χ2n) is 7.07. The van der Waals surface area contributed by atoms with Crippen molar-refractivity contribution in [3.05, 3.63) is 53.9 Å². The SMILES string of the molecule is CCOC(=O)c1cnn([C@@H]2CCCN(C(=O)[C@H](C)NC(=O)c3ccccc3)C2)c1. The summed E-state index contributed by atoms with van der Waals surface area (Å²) < 4.78 is 6.72. The Hall–Kier alpha value is -3.16. The highest BCUT2D eigenvalue weighted by atomic mass is 16.5. The van der Waals surface area contributed by atoms with Crippen molar-refractivity contribution in [2.75, 3.05) is 19.7 Å². The quantitative estimate of drug-likeness (QED) is 0.752. The molecule has 0 aliphatic carbocycles. The summed E-state index contributed by atoms with van der Waals surface area (Å²) in [5.41, 5.74) is 0.922. The number of benzene rings is 1. The first-order valence-electron chi connectivity index (χ1n) is 9.85. The number of carbonyl (C=O) groups excluding carboxylic acids is 3. The average Bonchev–Trinajstić information content (AvgIpc) is 3.24. The zero-order valence-electron chi connectivity index (χ0n) is 16.7. The molecule has 1 aliphatic heterocycles. The van der Waals surface area contributed by atoms with Crippen LogP contribution in [0.3, 0.4) is 0 Å². The van der Waals surface area contributed by atoms with Gasteiger partial charge in [-0.25, -0.2) is 4.79 Å². The highest BCUT2D eigenvalue weighted by molar-refractivity contribution is 5.97. The standard InChI is InChI=1S/C21H26N4O4/c1-3-29-21(28)17-12-22-25(13-17)18-10-7-11-24(14-18)20(27)15(2)23-19(26)16-8-5-4-6-9-16/h4-6,8-9,12-13,15,18H,3,7,10-11,14H2,1-2H3,(H,23,26)/t15-,18+/m0/s1. The fraction of sp³-hybridized carbons (Fsp3) is 0.429. The molecule has 2 aromatic rings. The highest BCUT2D eigenvalue weighted by Gasteiger charge is 2.29. The lowest BCUT2D eigenvalue weighted by molar-refractivity contribution is -0.134. The molecular weight excluding hydrogens is 372 g/mol. The van der Waals surface area contributed by atoms with Crippen LogP contribution in [0.2, 0.25) is 0 Å². The van der Waals surface area contributed by atoms with Crippen LogP contribution in [0.15, 0.2) is 42.7 Å². The zero-order chi connectivity index (χ0) is 20.8. The molecule has 1 aromatic carbocycles. The summed E-state index contributed by atoms with van der Waals surface area (Å²) in [7, 11) is 0. The maximum absolute atomic E-state index is 12.8. The van der Waals surface area contributed by atoms with Crippen LogP contribution < -0.4 is 5.32 Å². The first kappa shape index (κ1) is 20.6. The van der Waals surface area contributed by atoms with Crippen LogP contribution in [-0.2, 0) is 9.53 Å². The van der Waals surface area contributed by atoms with Gasteiger partial charge in [0.1, 0.15) is 6.04 Å². The molecule has 0 saturated carbocycles. The van der Waals surface area contributed by atoms with Crippen LogP contribution in [0.4, 0.5) is 0 Å². The number of hydrogen-bond acceptors (Lipinski definition) is 5. The highest BCUT2D eigenvalue weighted by Crippen LogP contribution is 2.22. The Bertz CT molecular complexity index is 865. The van der Waals surface area contributed by atoms with Gasteiger partial charge in [0.15, 0.2) is 0 Å². The van der Waals surface area contributed by atoms with Gasteiger partial charge in [-0.1, -0.05) is 18.2 Å². The van der Waals surface area contributed by atoms with Crippen molar-refractivity contribution in [2.45, 2.75) is 38.8 Å². The largest absolute Gasteiger partial charge is 0.462 e. The number of amides is 2. The van der Waals surface area contributed by atoms with Crippen molar-refractivity contribution in [1.29, 1.82) is 0 Å². The Labute approximate surface area is 169 Å². The van der Waals surface area contributed by atoms with Crippen LogP contribution in [0.1, 0.15) is 53.4 Å². The number of esters is 1. The molecule has 1 N–H and O–H groups in total. The van der Waals surface area contributed by atoms with Crippen molar-refractivity contribution in [3.63, 3.8) is 0 Å². The van der Waals surface area contributed by atoms with Gasteiger partial charge >= 0.3 is 5.97 Å². The molecule has 1 aromatic heterocycles. The maximum atomic E-state index is 12.8. The number of nitrogens with one attached hydrogen (secondary N) is 1. The van der Waals surface area contributed by atoms with Crippen molar-refractivity contribution < 1.29 is 19.1 Å². The molecule has 154 valence electrons. The number of hydrogen-bond donors (Lipinski definition) is 1. The summed E-state index contributed by atoms with van der Waals surface area (Å²) in [5.74, 6) is -0.803. The molecule has 2 atom stereocenters. The number of rotatable bonds is 6. The molecule has 0 spiro atoms. The van der Waals surface area contributed by atoms with E-state index in [1.54, 1.807) is 53.9 Å². The normalized spacial score (nSPS) is 17.4. The van der Waals surface area contributed by atoms with Gasteiger partial charge in [0.2, 0.25) is 5.91 Å². The van der Waals surface area contributed by atoms with Crippen LogP contribution >= 0.6 is 0 Å². The first-order valence-corrected chi connectivity index (χ1v) is 9.85. The number of likely N-dealkylation sites (tertiary alicyclic amines) is 1. The number of nitrogens with zero attached hydrogens (tertiary/aromatic N) is 3. The molecule has 8 heteroatoms. The van der Waals surface area contributed by atoms with Gasteiger partial charge in [-0.05, 0) is 38.8 Å². The van der Waals surface area contributed by atoms with E-state index in [2.05, 4.69) is 10.4 Å². The smallest absolute Gasteiger partial charge is 0.341 e. The monoisotopic (exact) mass is 398 g/mol. The Morgan fingerprint density at radius 1 is 1.24 bits per heavy atom. The zero-order valence-corrected chi connectivity index (χ0v) is 16.7.